The lowest BCUT2D eigenvalue weighted by atomic mass is 9.97. The highest BCUT2D eigenvalue weighted by Crippen LogP contribution is 2.23. The summed E-state index contributed by atoms with van der Waals surface area (Å²) in [5.74, 6) is 0.680. The van der Waals surface area contributed by atoms with Gasteiger partial charge < -0.3 is 10.2 Å². The van der Waals surface area contributed by atoms with Crippen molar-refractivity contribution in [2.45, 2.75) is 19.8 Å². The molecule has 0 aliphatic carbocycles. The topological polar surface area (TPSA) is 109 Å². The highest BCUT2D eigenvalue weighted by molar-refractivity contribution is 5.92. The molecule has 4 aromatic rings. The van der Waals surface area contributed by atoms with Gasteiger partial charge in [0, 0.05) is 19.3 Å². The summed E-state index contributed by atoms with van der Waals surface area (Å²) in [6.45, 7) is 3.12. The smallest absolute Gasteiger partial charge is 0.263 e. The molecule has 1 fully saturated rings. The summed E-state index contributed by atoms with van der Waals surface area (Å²) in [7, 11) is 0. The Morgan fingerprint density at radius 2 is 2.00 bits per heavy atom. The predicted molar refractivity (Wildman–Crippen MR) is 122 cm³/mol. The van der Waals surface area contributed by atoms with E-state index in [-0.39, 0.29) is 17.4 Å². The quantitative estimate of drug-likeness (QED) is 0.516. The molecule has 0 bridgehead atoms. The standard InChI is InChI=1S/C23H23N7O2/c1-15-9-10-19(24-12-15)26-21(31)16-6-5-11-29(14-16)23-27-20-18(22(32)28-23)13-25-30(20)17-7-3-2-4-8-17/h2-4,7-10,12-13,16H,5-6,11,14H2,1H3,(H,24,26,31)(H,27,28,32). The first-order chi connectivity index (χ1) is 15.6. The minimum atomic E-state index is -0.248. The fourth-order valence-electron chi connectivity index (χ4n) is 3.97. The number of aryl methyl sites for hydroxylation is 1. The molecule has 2 N–H and O–H groups in total. The highest BCUT2D eigenvalue weighted by atomic mass is 16.2. The van der Waals surface area contributed by atoms with Gasteiger partial charge in [0.15, 0.2) is 5.65 Å². The van der Waals surface area contributed by atoms with E-state index in [9.17, 15) is 9.59 Å². The Labute approximate surface area is 184 Å². The molecular formula is C23H23N7O2. The number of nitrogens with zero attached hydrogens (tertiary/aromatic N) is 5. The molecule has 1 aromatic carbocycles. The van der Waals surface area contributed by atoms with E-state index < -0.39 is 0 Å². The van der Waals surface area contributed by atoms with Crippen molar-refractivity contribution in [3.63, 3.8) is 0 Å². The molecule has 32 heavy (non-hydrogen) atoms. The summed E-state index contributed by atoms with van der Waals surface area (Å²) >= 11 is 0. The number of hydrogen-bond donors (Lipinski definition) is 2. The Morgan fingerprint density at radius 3 is 2.78 bits per heavy atom. The first kappa shape index (κ1) is 19.9. The van der Waals surface area contributed by atoms with E-state index >= 15 is 0 Å². The molecular weight excluding hydrogens is 406 g/mol. The minimum Gasteiger partial charge on any atom is -0.341 e. The second-order valence-electron chi connectivity index (χ2n) is 8.01. The van der Waals surface area contributed by atoms with Crippen LogP contribution in [0.3, 0.4) is 0 Å². The van der Waals surface area contributed by atoms with Crippen molar-refractivity contribution in [1.29, 1.82) is 0 Å². The molecule has 1 aliphatic heterocycles. The van der Waals surface area contributed by atoms with Gasteiger partial charge in [0.05, 0.1) is 17.8 Å². The van der Waals surface area contributed by atoms with Crippen LogP contribution in [0, 0.1) is 12.8 Å². The number of nitrogens with one attached hydrogen (secondary N) is 2. The number of piperidine rings is 1. The maximum atomic E-state index is 12.8. The summed E-state index contributed by atoms with van der Waals surface area (Å²) in [5, 5.41) is 7.67. The average molecular weight is 429 g/mol. The van der Waals surface area contributed by atoms with Crippen molar-refractivity contribution in [2.24, 2.45) is 5.92 Å². The summed E-state index contributed by atoms with van der Waals surface area (Å²) in [6.07, 6.45) is 4.84. The number of fused-ring (bicyclic) bond motifs is 1. The Morgan fingerprint density at radius 1 is 1.16 bits per heavy atom. The van der Waals surface area contributed by atoms with E-state index in [2.05, 4.69) is 20.4 Å². The minimum absolute atomic E-state index is 0.0798. The summed E-state index contributed by atoms with van der Waals surface area (Å²) in [4.78, 5) is 39.3. The zero-order valence-corrected chi connectivity index (χ0v) is 17.7. The van der Waals surface area contributed by atoms with E-state index in [1.54, 1.807) is 16.9 Å². The molecule has 4 heterocycles. The summed E-state index contributed by atoms with van der Waals surface area (Å²) in [5.41, 5.74) is 2.10. The third-order valence-corrected chi connectivity index (χ3v) is 5.68. The molecule has 9 nitrogen and oxygen atoms in total. The van der Waals surface area contributed by atoms with Gasteiger partial charge in [-0.25, -0.2) is 9.67 Å². The molecule has 0 radical (unpaired) electrons. The van der Waals surface area contributed by atoms with Crippen LogP contribution in [0.5, 0.6) is 0 Å². The molecule has 1 saturated heterocycles. The second-order valence-corrected chi connectivity index (χ2v) is 8.01. The van der Waals surface area contributed by atoms with Crippen molar-refractivity contribution >= 4 is 28.7 Å². The van der Waals surface area contributed by atoms with Crippen LogP contribution in [0.15, 0.2) is 59.7 Å². The molecule has 5 rings (SSSR count). The molecule has 0 saturated carbocycles. The third-order valence-electron chi connectivity index (χ3n) is 5.68. The van der Waals surface area contributed by atoms with E-state index in [0.717, 1.165) is 24.1 Å². The molecule has 1 atom stereocenters. The fourth-order valence-corrected chi connectivity index (χ4v) is 3.97. The number of carbonyl (C=O) groups is 1. The van der Waals surface area contributed by atoms with Gasteiger partial charge in [0.25, 0.3) is 5.56 Å². The molecule has 162 valence electrons. The van der Waals surface area contributed by atoms with Gasteiger partial charge in [-0.15, -0.1) is 0 Å². The molecule has 9 heteroatoms. The van der Waals surface area contributed by atoms with E-state index in [1.165, 1.54) is 6.20 Å². The van der Waals surface area contributed by atoms with Crippen molar-refractivity contribution in [2.75, 3.05) is 23.3 Å². The number of benzene rings is 1. The number of amides is 1. The van der Waals surface area contributed by atoms with Crippen LogP contribution in [0.25, 0.3) is 16.7 Å². The van der Waals surface area contributed by atoms with Gasteiger partial charge >= 0.3 is 0 Å². The van der Waals surface area contributed by atoms with Crippen LogP contribution in [0.2, 0.25) is 0 Å². The second kappa shape index (κ2) is 8.26. The number of aromatic amines is 1. The normalized spacial score (nSPS) is 16.3. The first-order valence-corrected chi connectivity index (χ1v) is 10.6. The Hall–Kier alpha value is -4.01. The zero-order valence-electron chi connectivity index (χ0n) is 17.7. The number of aromatic nitrogens is 5. The highest BCUT2D eigenvalue weighted by Gasteiger charge is 2.28. The Bertz CT molecular complexity index is 1310. The van der Waals surface area contributed by atoms with Gasteiger partial charge in [0.2, 0.25) is 11.9 Å². The Balaban J connectivity index is 1.40. The lowest BCUT2D eigenvalue weighted by molar-refractivity contribution is -0.120. The van der Waals surface area contributed by atoms with Crippen LogP contribution >= 0.6 is 0 Å². The SMILES string of the molecule is Cc1ccc(NC(=O)C2CCCN(c3nc4c(cnn4-c4ccccc4)c(=O)[nH]3)C2)nc1. The van der Waals surface area contributed by atoms with Crippen LogP contribution in [0.4, 0.5) is 11.8 Å². The van der Waals surface area contributed by atoms with Crippen molar-refractivity contribution < 1.29 is 4.79 Å². The van der Waals surface area contributed by atoms with E-state index in [4.69, 9.17) is 4.98 Å². The third kappa shape index (κ3) is 3.84. The van der Waals surface area contributed by atoms with Crippen LogP contribution < -0.4 is 15.8 Å². The Kier molecular flexibility index (Phi) is 5.14. The lowest BCUT2D eigenvalue weighted by Crippen LogP contribution is -2.42. The number of carbonyl (C=O) groups excluding carboxylic acids is 1. The van der Waals surface area contributed by atoms with Crippen LogP contribution in [-0.2, 0) is 4.79 Å². The number of H-pyrrole nitrogens is 1. The number of para-hydroxylation sites is 1. The van der Waals surface area contributed by atoms with E-state index in [1.807, 2.05) is 48.2 Å². The number of anilines is 2. The van der Waals surface area contributed by atoms with Crippen LogP contribution in [0.1, 0.15) is 18.4 Å². The van der Waals surface area contributed by atoms with Gasteiger partial charge in [-0.2, -0.15) is 10.1 Å². The maximum absolute atomic E-state index is 12.8. The summed E-state index contributed by atoms with van der Waals surface area (Å²) in [6, 6.07) is 13.3. The zero-order chi connectivity index (χ0) is 22.1. The molecule has 1 aliphatic rings. The monoisotopic (exact) mass is 429 g/mol. The van der Waals surface area contributed by atoms with Crippen LogP contribution in [-0.4, -0.2) is 43.7 Å². The van der Waals surface area contributed by atoms with Gasteiger partial charge in [-0.3, -0.25) is 14.6 Å². The average Bonchev–Trinajstić information content (AvgIpc) is 3.26. The van der Waals surface area contributed by atoms with Gasteiger partial charge in [-0.1, -0.05) is 24.3 Å². The number of pyridine rings is 1. The van der Waals surface area contributed by atoms with Gasteiger partial charge in [0.1, 0.15) is 11.2 Å². The molecule has 1 amide bonds. The fraction of sp³-hybridized carbons (Fsp3) is 0.261. The van der Waals surface area contributed by atoms with Gasteiger partial charge in [-0.05, 0) is 43.5 Å². The van der Waals surface area contributed by atoms with Crippen molar-refractivity contribution in [3.05, 3.63) is 70.8 Å². The lowest BCUT2D eigenvalue weighted by Gasteiger charge is -2.32. The molecule has 3 aromatic heterocycles. The largest absolute Gasteiger partial charge is 0.341 e. The summed E-state index contributed by atoms with van der Waals surface area (Å²) < 4.78 is 1.66. The molecule has 1 unspecified atom stereocenters. The first-order valence-electron chi connectivity index (χ1n) is 10.6. The van der Waals surface area contributed by atoms with Crippen molar-refractivity contribution in [3.8, 4) is 5.69 Å². The van der Waals surface area contributed by atoms with Crippen molar-refractivity contribution in [1.82, 2.24) is 24.7 Å². The van der Waals surface area contributed by atoms with E-state index in [0.29, 0.717) is 35.9 Å². The predicted octanol–water partition coefficient (Wildman–Crippen LogP) is 2.67. The number of rotatable bonds is 4. The molecule has 0 spiro atoms. The maximum Gasteiger partial charge on any atom is 0.263 e. The number of hydrogen-bond acceptors (Lipinski definition) is 6.